The fourth-order valence-corrected chi connectivity index (χ4v) is 2.40. The molecule has 0 saturated carbocycles. The third-order valence-corrected chi connectivity index (χ3v) is 3.51. The SMILES string of the molecule is CC(c1ccco1)N1C(=O)c2ccc(C(=O)O)cc2C1=O. The number of carboxylic acid groups (broad SMARTS) is 1. The molecule has 1 aliphatic rings. The van der Waals surface area contributed by atoms with Crippen LogP contribution in [0.5, 0.6) is 0 Å². The van der Waals surface area contributed by atoms with E-state index >= 15 is 0 Å². The molecule has 0 saturated heterocycles. The molecule has 1 N–H and O–H groups in total. The molecule has 3 rings (SSSR count). The average Bonchev–Trinajstić information content (AvgIpc) is 3.07. The number of nitrogens with zero attached hydrogens (tertiary/aromatic N) is 1. The molecule has 6 nitrogen and oxygen atoms in total. The molecule has 0 bridgehead atoms. The van der Waals surface area contributed by atoms with Gasteiger partial charge in [0.1, 0.15) is 5.76 Å². The molecule has 106 valence electrons. The van der Waals surface area contributed by atoms with E-state index in [9.17, 15) is 14.4 Å². The van der Waals surface area contributed by atoms with Crippen LogP contribution in [-0.2, 0) is 0 Å². The number of fused-ring (bicyclic) bond motifs is 1. The fraction of sp³-hybridized carbons (Fsp3) is 0.133. The molecule has 21 heavy (non-hydrogen) atoms. The predicted octanol–water partition coefficient (Wildman–Crippen LogP) is 2.33. The second kappa shape index (κ2) is 4.59. The van der Waals surface area contributed by atoms with E-state index in [1.165, 1.54) is 24.5 Å². The van der Waals surface area contributed by atoms with Gasteiger partial charge in [-0.3, -0.25) is 14.5 Å². The third-order valence-electron chi connectivity index (χ3n) is 3.51. The Morgan fingerprint density at radius 2 is 1.90 bits per heavy atom. The van der Waals surface area contributed by atoms with Crippen molar-refractivity contribution in [2.45, 2.75) is 13.0 Å². The van der Waals surface area contributed by atoms with Crippen molar-refractivity contribution in [3.8, 4) is 0 Å². The van der Waals surface area contributed by atoms with E-state index in [1.54, 1.807) is 19.1 Å². The molecule has 1 aromatic carbocycles. The molecule has 2 amide bonds. The van der Waals surface area contributed by atoms with Crippen LogP contribution in [0.25, 0.3) is 0 Å². The molecule has 1 aliphatic heterocycles. The lowest BCUT2D eigenvalue weighted by atomic mass is 10.1. The van der Waals surface area contributed by atoms with E-state index in [1.807, 2.05) is 0 Å². The summed E-state index contributed by atoms with van der Waals surface area (Å²) >= 11 is 0. The van der Waals surface area contributed by atoms with Crippen LogP contribution in [0.15, 0.2) is 41.0 Å². The largest absolute Gasteiger partial charge is 0.478 e. The van der Waals surface area contributed by atoms with Gasteiger partial charge in [0.25, 0.3) is 11.8 Å². The average molecular weight is 285 g/mol. The molecular formula is C15H11NO5. The number of rotatable bonds is 3. The van der Waals surface area contributed by atoms with Gasteiger partial charge in [-0.1, -0.05) is 0 Å². The first kappa shape index (κ1) is 13.1. The van der Waals surface area contributed by atoms with Crippen LogP contribution in [0, 0.1) is 0 Å². The maximum Gasteiger partial charge on any atom is 0.335 e. The Kier molecular flexibility index (Phi) is 2.86. The number of aromatic carboxylic acids is 1. The van der Waals surface area contributed by atoms with Crippen molar-refractivity contribution in [3.05, 3.63) is 59.0 Å². The standard InChI is InChI=1S/C15H11NO5/c1-8(12-3-2-6-21-12)16-13(17)10-5-4-9(15(19)20)7-11(10)14(16)18/h2-8H,1H3,(H,19,20). The lowest BCUT2D eigenvalue weighted by Crippen LogP contribution is -2.32. The zero-order chi connectivity index (χ0) is 15.1. The van der Waals surface area contributed by atoms with Crippen molar-refractivity contribution in [2.75, 3.05) is 0 Å². The van der Waals surface area contributed by atoms with E-state index < -0.39 is 23.8 Å². The molecule has 0 aliphatic carbocycles. The van der Waals surface area contributed by atoms with E-state index in [0.29, 0.717) is 5.76 Å². The lowest BCUT2D eigenvalue weighted by Gasteiger charge is -2.20. The highest BCUT2D eigenvalue weighted by molar-refractivity contribution is 6.22. The molecule has 0 spiro atoms. The number of benzene rings is 1. The number of furan rings is 1. The Morgan fingerprint density at radius 3 is 2.52 bits per heavy atom. The van der Waals surface area contributed by atoms with E-state index in [2.05, 4.69) is 0 Å². The normalized spacial score (nSPS) is 15.2. The van der Waals surface area contributed by atoms with Gasteiger partial charge in [0, 0.05) is 0 Å². The summed E-state index contributed by atoms with van der Waals surface area (Å²) in [6, 6.07) is 6.71. The molecule has 0 fully saturated rings. The zero-order valence-electron chi connectivity index (χ0n) is 11.1. The van der Waals surface area contributed by atoms with Crippen molar-refractivity contribution in [1.82, 2.24) is 4.90 Å². The Hall–Kier alpha value is -2.89. The van der Waals surface area contributed by atoms with Crippen LogP contribution in [0.4, 0.5) is 0 Å². The first-order valence-electron chi connectivity index (χ1n) is 6.29. The monoisotopic (exact) mass is 285 g/mol. The zero-order valence-corrected chi connectivity index (χ0v) is 11.1. The van der Waals surface area contributed by atoms with Crippen LogP contribution in [-0.4, -0.2) is 27.8 Å². The topological polar surface area (TPSA) is 87.8 Å². The number of hydrogen-bond donors (Lipinski definition) is 1. The maximum atomic E-state index is 12.4. The number of carboxylic acids is 1. The van der Waals surface area contributed by atoms with Gasteiger partial charge in [-0.15, -0.1) is 0 Å². The lowest BCUT2D eigenvalue weighted by molar-refractivity contribution is 0.0577. The highest BCUT2D eigenvalue weighted by Crippen LogP contribution is 2.31. The van der Waals surface area contributed by atoms with Crippen molar-refractivity contribution in [1.29, 1.82) is 0 Å². The van der Waals surface area contributed by atoms with E-state index in [4.69, 9.17) is 9.52 Å². The molecule has 6 heteroatoms. The molecule has 1 atom stereocenters. The summed E-state index contributed by atoms with van der Waals surface area (Å²) < 4.78 is 5.22. The minimum atomic E-state index is -1.14. The van der Waals surface area contributed by atoms with Gasteiger partial charge >= 0.3 is 5.97 Å². The highest BCUT2D eigenvalue weighted by Gasteiger charge is 2.40. The van der Waals surface area contributed by atoms with Crippen molar-refractivity contribution >= 4 is 17.8 Å². The summed E-state index contributed by atoms with van der Waals surface area (Å²) in [4.78, 5) is 36.8. The molecule has 1 unspecified atom stereocenters. The molecule has 2 heterocycles. The van der Waals surface area contributed by atoms with Gasteiger partial charge in [0.15, 0.2) is 0 Å². The van der Waals surface area contributed by atoms with Crippen LogP contribution in [0.2, 0.25) is 0 Å². The van der Waals surface area contributed by atoms with E-state index in [-0.39, 0.29) is 16.7 Å². The maximum absolute atomic E-state index is 12.4. The minimum absolute atomic E-state index is 0.0256. The number of hydrogen-bond acceptors (Lipinski definition) is 4. The molecule has 0 radical (unpaired) electrons. The summed E-state index contributed by atoms with van der Waals surface area (Å²) in [5, 5.41) is 8.97. The first-order chi connectivity index (χ1) is 10.0. The van der Waals surface area contributed by atoms with Gasteiger partial charge in [0.2, 0.25) is 0 Å². The van der Waals surface area contributed by atoms with E-state index in [0.717, 1.165) is 4.90 Å². The van der Waals surface area contributed by atoms with Crippen LogP contribution in [0.1, 0.15) is 49.8 Å². The van der Waals surface area contributed by atoms with Crippen LogP contribution >= 0.6 is 0 Å². The third kappa shape index (κ3) is 1.92. The van der Waals surface area contributed by atoms with Crippen LogP contribution in [0.3, 0.4) is 0 Å². The number of carbonyl (C=O) groups is 3. The second-order valence-corrected chi connectivity index (χ2v) is 4.74. The van der Waals surface area contributed by atoms with Gasteiger partial charge in [-0.05, 0) is 37.3 Å². The van der Waals surface area contributed by atoms with Crippen LogP contribution < -0.4 is 0 Å². The summed E-state index contributed by atoms with van der Waals surface area (Å²) in [7, 11) is 0. The smallest absolute Gasteiger partial charge is 0.335 e. The number of carbonyl (C=O) groups excluding carboxylic acids is 2. The Labute approximate surface area is 119 Å². The quantitative estimate of drug-likeness (QED) is 0.874. The summed E-state index contributed by atoms with van der Waals surface area (Å²) in [5.74, 6) is -1.61. The van der Waals surface area contributed by atoms with Gasteiger partial charge in [-0.2, -0.15) is 0 Å². The minimum Gasteiger partial charge on any atom is -0.478 e. The van der Waals surface area contributed by atoms with Crippen molar-refractivity contribution in [2.24, 2.45) is 0 Å². The van der Waals surface area contributed by atoms with Gasteiger partial charge < -0.3 is 9.52 Å². The number of imide groups is 1. The van der Waals surface area contributed by atoms with Crippen molar-refractivity contribution < 1.29 is 23.9 Å². The molecule has 2 aromatic rings. The Bertz CT molecular complexity index is 747. The predicted molar refractivity (Wildman–Crippen MR) is 71.0 cm³/mol. The number of amides is 2. The van der Waals surface area contributed by atoms with Crippen molar-refractivity contribution in [3.63, 3.8) is 0 Å². The Balaban J connectivity index is 2.02. The summed E-state index contributed by atoms with van der Waals surface area (Å²) in [6.45, 7) is 1.68. The molecule has 1 aromatic heterocycles. The van der Waals surface area contributed by atoms with Gasteiger partial charge in [-0.25, -0.2) is 4.79 Å². The fourth-order valence-electron chi connectivity index (χ4n) is 2.40. The second-order valence-electron chi connectivity index (χ2n) is 4.74. The summed E-state index contributed by atoms with van der Waals surface area (Å²) in [6.07, 6.45) is 1.46. The first-order valence-corrected chi connectivity index (χ1v) is 6.29. The highest BCUT2D eigenvalue weighted by atomic mass is 16.4. The summed E-state index contributed by atoms with van der Waals surface area (Å²) in [5.41, 5.74) is 0.295. The molecular weight excluding hydrogens is 274 g/mol. The Morgan fingerprint density at radius 1 is 1.19 bits per heavy atom. The van der Waals surface area contributed by atoms with Gasteiger partial charge in [0.05, 0.1) is 29.0 Å².